The van der Waals surface area contributed by atoms with E-state index in [4.69, 9.17) is 6.57 Å². The Labute approximate surface area is 69.0 Å². The average Bonchev–Trinajstić information content (AvgIpc) is 2.04. The van der Waals surface area contributed by atoms with E-state index in [-0.39, 0.29) is 0 Å². The van der Waals surface area contributed by atoms with Gasteiger partial charge in [-0.3, -0.25) is 4.90 Å². The van der Waals surface area contributed by atoms with Crippen molar-refractivity contribution in [2.75, 3.05) is 26.2 Å². The molecule has 0 saturated carbocycles. The molecule has 1 rings (SSSR count). The first kappa shape index (κ1) is 8.55. The summed E-state index contributed by atoms with van der Waals surface area (Å²) in [5.41, 5.74) is 0. The van der Waals surface area contributed by atoms with Gasteiger partial charge in [0.05, 0.1) is 6.54 Å². The highest BCUT2D eigenvalue weighted by Crippen LogP contribution is 2.15. The van der Waals surface area contributed by atoms with Gasteiger partial charge in [0.2, 0.25) is 6.54 Å². The Kier molecular flexibility index (Phi) is 3.38. The molecule has 2 nitrogen and oxygen atoms in total. The van der Waals surface area contributed by atoms with Crippen LogP contribution in [-0.2, 0) is 0 Å². The molecule has 1 fully saturated rings. The van der Waals surface area contributed by atoms with Crippen LogP contribution in [0.25, 0.3) is 4.85 Å². The highest BCUT2D eigenvalue weighted by molar-refractivity contribution is 4.72. The van der Waals surface area contributed by atoms with Gasteiger partial charge in [0.25, 0.3) is 0 Å². The maximum absolute atomic E-state index is 6.66. The summed E-state index contributed by atoms with van der Waals surface area (Å²) in [6.45, 7) is 13.0. The molecule has 0 N–H and O–H groups in total. The van der Waals surface area contributed by atoms with Gasteiger partial charge in [-0.15, -0.1) is 0 Å². The Bertz CT molecular complexity index is 140. The molecule has 11 heavy (non-hydrogen) atoms. The maximum Gasteiger partial charge on any atom is 0.227 e. The maximum atomic E-state index is 6.66. The van der Waals surface area contributed by atoms with Crippen molar-refractivity contribution in [3.05, 3.63) is 11.4 Å². The van der Waals surface area contributed by atoms with Gasteiger partial charge < -0.3 is 4.85 Å². The van der Waals surface area contributed by atoms with E-state index in [1.165, 1.54) is 25.9 Å². The minimum atomic E-state index is 0.675. The van der Waals surface area contributed by atoms with Crippen LogP contribution in [0.5, 0.6) is 0 Å². The quantitative estimate of drug-likeness (QED) is 0.546. The highest BCUT2D eigenvalue weighted by Gasteiger charge is 2.15. The van der Waals surface area contributed by atoms with Gasteiger partial charge in [-0.05, 0) is 31.8 Å². The molecule has 0 bridgehead atoms. The number of hydrogen-bond donors (Lipinski definition) is 0. The topological polar surface area (TPSA) is 7.60 Å². The van der Waals surface area contributed by atoms with Crippen molar-refractivity contribution in [1.29, 1.82) is 0 Å². The molecule has 0 aromatic carbocycles. The lowest BCUT2D eigenvalue weighted by atomic mass is 9.99. The minimum Gasteiger partial charge on any atom is -0.316 e. The van der Waals surface area contributed by atoms with Crippen LogP contribution in [0.4, 0.5) is 0 Å². The van der Waals surface area contributed by atoms with E-state index in [2.05, 4.69) is 16.7 Å². The normalized spacial score (nSPS) is 21.5. The fourth-order valence-corrected chi connectivity index (χ4v) is 1.48. The molecular formula is C9H16N2. The summed E-state index contributed by atoms with van der Waals surface area (Å²) >= 11 is 0. The van der Waals surface area contributed by atoms with Gasteiger partial charge in [0.15, 0.2) is 0 Å². The average molecular weight is 152 g/mol. The molecule has 0 atom stereocenters. The van der Waals surface area contributed by atoms with Crippen molar-refractivity contribution >= 4 is 0 Å². The van der Waals surface area contributed by atoms with E-state index >= 15 is 0 Å². The fourth-order valence-electron chi connectivity index (χ4n) is 1.48. The Hall–Kier alpha value is -0.550. The zero-order chi connectivity index (χ0) is 8.10. The van der Waals surface area contributed by atoms with Crippen molar-refractivity contribution in [1.82, 2.24) is 4.90 Å². The number of rotatable bonds is 2. The summed E-state index contributed by atoms with van der Waals surface area (Å²) in [7, 11) is 0. The number of nitrogens with zero attached hydrogens (tertiary/aromatic N) is 2. The van der Waals surface area contributed by atoms with E-state index in [0.717, 1.165) is 12.5 Å². The number of likely N-dealkylation sites (tertiary alicyclic amines) is 1. The predicted octanol–water partition coefficient (Wildman–Crippen LogP) is 1.64. The third kappa shape index (κ3) is 2.90. The monoisotopic (exact) mass is 152 g/mol. The van der Waals surface area contributed by atoms with Gasteiger partial charge >= 0.3 is 0 Å². The van der Waals surface area contributed by atoms with Crippen LogP contribution < -0.4 is 0 Å². The third-order valence-corrected chi connectivity index (χ3v) is 2.40. The van der Waals surface area contributed by atoms with Crippen LogP contribution in [0.1, 0.15) is 19.8 Å². The lowest BCUT2D eigenvalue weighted by Crippen LogP contribution is -2.34. The van der Waals surface area contributed by atoms with Gasteiger partial charge in [-0.2, -0.15) is 0 Å². The molecule has 0 aliphatic carbocycles. The Morgan fingerprint density at radius 3 is 2.64 bits per heavy atom. The lowest BCUT2D eigenvalue weighted by molar-refractivity contribution is 0.200. The zero-order valence-corrected chi connectivity index (χ0v) is 7.21. The summed E-state index contributed by atoms with van der Waals surface area (Å²) in [5.74, 6) is 0.902. The summed E-state index contributed by atoms with van der Waals surface area (Å²) in [6, 6.07) is 0. The van der Waals surface area contributed by atoms with Crippen LogP contribution in [0.2, 0.25) is 0 Å². The first-order chi connectivity index (χ1) is 5.33. The molecule has 1 heterocycles. The van der Waals surface area contributed by atoms with Crippen LogP contribution in [0.15, 0.2) is 0 Å². The molecule has 1 aliphatic heterocycles. The molecule has 62 valence electrons. The predicted molar refractivity (Wildman–Crippen MR) is 46.3 cm³/mol. The molecule has 0 aromatic heterocycles. The van der Waals surface area contributed by atoms with Crippen molar-refractivity contribution in [3.63, 3.8) is 0 Å². The first-order valence-electron chi connectivity index (χ1n) is 4.38. The van der Waals surface area contributed by atoms with Gasteiger partial charge in [-0.1, -0.05) is 6.92 Å². The second kappa shape index (κ2) is 4.35. The van der Waals surface area contributed by atoms with Crippen LogP contribution in [0.3, 0.4) is 0 Å². The molecule has 2 heteroatoms. The second-order valence-electron chi connectivity index (χ2n) is 3.41. The van der Waals surface area contributed by atoms with Crippen molar-refractivity contribution < 1.29 is 0 Å². The molecule has 1 saturated heterocycles. The zero-order valence-electron chi connectivity index (χ0n) is 7.21. The van der Waals surface area contributed by atoms with Crippen molar-refractivity contribution in [2.45, 2.75) is 19.8 Å². The van der Waals surface area contributed by atoms with E-state index in [1.807, 2.05) is 0 Å². The molecule has 0 spiro atoms. The van der Waals surface area contributed by atoms with E-state index < -0.39 is 0 Å². The summed E-state index contributed by atoms with van der Waals surface area (Å²) in [6.07, 6.45) is 2.63. The SMILES string of the molecule is [C-]#[N+]CCN1CCC(C)CC1. The molecule has 0 amide bonds. The van der Waals surface area contributed by atoms with E-state index in [0.29, 0.717) is 6.54 Å². The van der Waals surface area contributed by atoms with Gasteiger partial charge in [0.1, 0.15) is 0 Å². The Balaban J connectivity index is 2.13. The van der Waals surface area contributed by atoms with Crippen LogP contribution in [-0.4, -0.2) is 31.1 Å². The Morgan fingerprint density at radius 1 is 1.45 bits per heavy atom. The molecule has 0 unspecified atom stereocenters. The molecule has 0 aromatic rings. The second-order valence-corrected chi connectivity index (χ2v) is 3.41. The summed E-state index contributed by atoms with van der Waals surface area (Å²) in [4.78, 5) is 5.76. The van der Waals surface area contributed by atoms with Crippen LogP contribution >= 0.6 is 0 Å². The summed E-state index contributed by atoms with van der Waals surface area (Å²) < 4.78 is 0. The largest absolute Gasteiger partial charge is 0.316 e. The van der Waals surface area contributed by atoms with Crippen molar-refractivity contribution in [2.24, 2.45) is 5.92 Å². The number of hydrogen-bond acceptors (Lipinski definition) is 1. The first-order valence-corrected chi connectivity index (χ1v) is 4.38. The fraction of sp³-hybridized carbons (Fsp3) is 0.889. The smallest absolute Gasteiger partial charge is 0.227 e. The summed E-state index contributed by atoms with van der Waals surface area (Å²) in [5, 5.41) is 0. The number of piperidine rings is 1. The lowest BCUT2D eigenvalue weighted by Gasteiger charge is -2.28. The Morgan fingerprint density at radius 2 is 2.09 bits per heavy atom. The van der Waals surface area contributed by atoms with E-state index in [9.17, 15) is 0 Å². The molecular weight excluding hydrogens is 136 g/mol. The molecule has 1 aliphatic rings. The van der Waals surface area contributed by atoms with Crippen LogP contribution in [0, 0.1) is 12.5 Å². The van der Waals surface area contributed by atoms with E-state index in [1.54, 1.807) is 0 Å². The van der Waals surface area contributed by atoms with Gasteiger partial charge in [-0.25, -0.2) is 6.57 Å². The van der Waals surface area contributed by atoms with Crippen molar-refractivity contribution in [3.8, 4) is 0 Å². The standard InChI is InChI=1S/C9H16N2/c1-9-3-6-11(7-4-9)8-5-10-2/h9H,3-8H2,1H3. The third-order valence-electron chi connectivity index (χ3n) is 2.40. The minimum absolute atomic E-state index is 0.675. The van der Waals surface area contributed by atoms with Gasteiger partial charge in [0, 0.05) is 0 Å². The molecule has 0 radical (unpaired) electrons. The highest BCUT2D eigenvalue weighted by atomic mass is 15.1.